The highest BCUT2D eigenvalue weighted by atomic mass is 14.9. The molecule has 2 aromatic heterocycles. The van der Waals surface area contributed by atoms with Gasteiger partial charge in [-0.1, -0.05) is 12.2 Å². The van der Waals surface area contributed by atoms with Gasteiger partial charge in [-0.15, -0.1) is 0 Å². The van der Waals surface area contributed by atoms with Crippen LogP contribution in [0, 0.1) is 0 Å². The Kier molecular flexibility index (Phi) is 2.83. The Bertz CT molecular complexity index is 463. The molecule has 0 aliphatic carbocycles. The van der Waals surface area contributed by atoms with E-state index in [1.807, 2.05) is 31.3 Å². The van der Waals surface area contributed by atoms with E-state index in [-0.39, 0.29) is 0 Å². The van der Waals surface area contributed by atoms with E-state index < -0.39 is 0 Å². The lowest BCUT2D eigenvalue weighted by molar-refractivity contribution is 1.16. The van der Waals surface area contributed by atoms with Crippen molar-refractivity contribution >= 4 is 6.08 Å². The molecule has 0 N–H and O–H groups in total. The average Bonchev–Trinajstić information content (AvgIpc) is 2.31. The van der Waals surface area contributed by atoms with Gasteiger partial charge in [0.1, 0.15) is 0 Å². The van der Waals surface area contributed by atoms with E-state index >= 15 is 0 Å². The fourth-order valence-corrected chi connectivity index (χ4v) is 1.31. The average molecular weight is 197 g/mol. The van der Waals surface area contributed by atoms with Crippen molar-refractivity contribution in [3.63, 3.8) is 0 Å². The summed E-state index contributed by atoms with van der Waals surface area (Å²) >= 11 is 0. The minimum Gasteiger partial charge on any atom is -0.263 e. The molecule has 3 nitrogen and oxygen atoms in total. The monoisotopic (exact) mass is 197 g/mol. The van der Waals surface area contributed by atoms with Crippen LogP contribution in [-0.2, 0) is 0 Å². The largest absolute Gasteiger partial charge is 0.263 e. The number of hydrogen-bond donors (Lipinski definition) is 0. The van der Waals surface area contributed by atoms with Crippen LogP contribution in [0.2, 0.25) is 0 Å². The van der Waals surface area contributed by atoms with Crippen molar-refractivity contribution < 1.29 is 0 Å². The van der Waals surface area contributed by atoms with E-state index in [1.165, 1.54) is 0 Å². The van der Waals surface area contributed by atoms with Gasteiger partial charge in [-0.05, 0) is 24.6 Å². The number of pyridine rings is 1. The molecule has 0 amide bonds. The van der Waals surface area contributed by atoms with Gasteiger partial charge in [-0.25, -0.2) is 9.97 Å². The molecule has 0 bridgehead atoms. The summed E-state index contributed by atoms with van der Waals surface area (Å²) in [5.41, 5.74) is 1.99. The fourth-order valence-electron chi connectivity index (χ4n) is 1.31. The maximum absolute atomic E-state index is 4.18. The van der Waals surface area contributed by atoms with Crippen LogP contribution in [0.5, 0.6) is 0 Å². The molecule has 0 spiro atoms. The molecule has 2 heterocycles. The van der Waals surface area contributed by atoms with Crippen molar-refractivity contribution in [3.05, 3.63) is 48.6 Å². The first-order valence-corrected chi connectivity index (χ1v) is 4.75. The summed E-state index contributed by atoms with van der Waals surface area (Å²) < 4.78 is 0. The summed E-state index contributed by atoms with van der Waals surface area (Å²) in [7, 11) is 0. The highest BCUT2D eigenvalue weighted by Gasteiger charge is 1.99. The maximum atomic E-state index is 4.18. The number of hydrogen-bond acceptors (Lipinski definition) is 3. The molecule has 2 rings (SSSR count). The van der Waals surface area contributed by atoms with E-state index in [2.05, 4.69) is 15.0 Å². The second-order valence-corrected chi connectivity index (χ2v) is 3.08. The lowest BCUT2D eigenvalue weighted by Gasteiger charge is -1.99. The Morgan fingerprint density at radius 2 is 1.93 bits per heavy atom. The van der Waals surface area contributed by atoms with E-state index in [4.69, 9.17) is 0 Å². The third-order valence-corrected chi connectivity index (χ3v) is 1.94. The summed E-state index contributed by atoms with van der Waals surface area (Å²) in [6, 6.07) is 3.81. The number of aromatic nitrogens is 3. The second-order valence-electron chi connectivity index (χ2n) is 3.08. The molecule has 2 aromatic rings. The Balaban J connectivity index is 2.41. The van der Waals surface area contributed by atoms with Gasteiger partial charge in [0.25, 0.3) is 0 Å². The molecular formula is C12H11N3. The van der Waals surface area contributed by atoms with Crippen molar-refractivity contribution in [2.75, 3.05) is 0 Å². The lowest BCUT2D eigenvalue weighted by atomic mass is 10.2. The first-order chi connectivity index (χ1) is 7.40. The zero-order chi connectivity index (χ0) is 10.5. The van der Waals surface area contributed by atoms with Crippen molar-refractivity contribution in [3.8, 4) is 11.4 Å². The molecule has 0 atom stereocenters. The predicted octanol–water partition coefficient (Wildman–Crippen LogP) is 2.57. The van der Waals surface area contributed by atoms with Gasteiger partial charge in [-0.2, -0.15) is 0 Å². The van der Waals surface area contributed by atoms with E-state index in [0.717, 1.165) is 11.1 Å². The standard InChI is InChI=1S/C12H11N3/c1-2-4-10-7-11(9-13-8-10)12-14-5-3-6-15-12/h2-9H,1H3/b4-2+. The van der Waals surface area contributed by atoms with E-state index in [0.29, 0.717) is 5.82 Å². The van der Waals surface area contributed by atoms with Gasteiger partial charge in [0.15, 0.2) is 5.82 Å². The van der Waals surface area contributed by atoms with Crippen LogP contribution in [0.1, 0.15) is 12.5 Å². The van der Waals surface area contributed by atoms with Crippen LogP contribution in [0.4, 0.5) is 0 Å². The maximum Gasteiger partial charge on any atom is 0.160 e. The quantitative estimate of drug-likeness (QED) is 0.742. The molecule has 0 saturated heterocycles. The van der Waals surface area contributed by atoms with Crippen molar-refractivity contribution in [2.24, 2.45) is 0 Å². The molecule has 0 aliphatic rings. The summed E-state index contributed by atoms with van der Waals surface area (Å²) in [5, 5.41) is 0. The van der Waals surface area contributed by atoms with Crippen LogP contribution in [0.15, 0.2) is 43.0 Å². The second kappa shape index (κ2) is 4.46. The fraction of sp³-hybridized carbons (Fsp3) is 0.0833. The van der Waals surface area contributed by atoms with Gasteiger partial charge in [0, 0.05) is 30.4 Å². The number of rotatable bonds is 2. The normalized spacial score (nSPS) is 10.7. The SMILES string of the molecule is C/C=C/c1cncc(-c2ncccn2)c1. The topological polar surface area (TPSA) is 38.7 Å². The first-order valence-electron chi connectivity index (χ1n) is 4.75. The Morgan fingerprint density at radius 3 is 2.67 bits per heavy atom. The molecule has 0 saturated carbocycles. The van der Waals surface area contributed by atoms with Gasteiger partial charge in [0.05, 0.1) is 0 Å². The zero-order valence-electron chi connectivity index (χ0n) is 8.46. The van der Waals surface area contributed by atoms with E-state index in [9.17, 15) is 0 Å². The molecule has 0 aliphatic heterocycles. The highest BCUT2D eigenvalue weighted by Crippen LogP contribution is 2.14. The Morgan fingerprint density at radius 1 is 1.13 bits per heavy atom. The lowest BCUT2D eigenvalue weighted by Crippen LogP contribution is -1.88. The van der Waals surface area contributed by atoms with Gasteiger partial charge < -0.3 is 0 Å². The number of allylic oxidation sites excluding steroid dienone is 1. The molecule has 3 heteroatoms. The van der Waals surface area contributed by atoms with Crippen LogP contribution in [0.3, 0.4) is 0 Å². The predicted molar refractivity (Wildman–Crippen MR) is 60.0 cm³/mol. The summed E-state index contributed by atoms with van der Waals surface area (Å²) in [4.78, 5) is 12.5. The van der Waals surface area contributed by atoms with Gasteiger partial charge in [-0.3, -0.25) is 4.98 Å². The van der Waals surface area contributed by atoms with Crippen LogP contribution >= 0.6 is 0 Å². The Hall–Kier alpha value is -2.03. The summed E-state index contributed by atoms with van der Waals surface area (Å²) in [5.74, 6) is 0.705. The number of nitrogens with zero attached hydrogens (tertiary/aromatic N) is 3. The van der Waals surface area contributed by atoms with E-state index in [1.54, 1.807) is 24.7 Å². The first kappa shape index (κ1) is 9.52. The zero-order valence-corrected chi connectivity index (χ0v) is 8.46. The molecule has 74 valence electrons. The Labute approximate surface area is 88.6 Å². The molecule has 0 radical (unpaired) electrons. The molecule has 0 unspecified atom stereocenters. The van der Waals surface area contributed by atoms with Gasteiger partial charge >= 0.3 is 0 Å². The molecule has 0 fully saturated rings. The third-order valence-electron chi connectivity index (χ3n) is 1.94. The van der Waals surface area contributed by atoms with Crippen LogP contribution in [-0.4, -0.2) is 15.0 Å². The third kappa shape index (κ3) is 2.26. The van der Waals surface area contributed by atoms with Crippen molar-refractivity contribution in [1.82, 2.24) is 15.0 Å². The van der Waals surface area contributed by atoms with Crippen molar-refractivity contribution in [1.29, 1.82) is 0 Å². The van der Waals surface area contributed by atoms with Crippen molar-refractivity contribution in [2.45, 2.75) is 6.92 Å². The minimum absolute atomic E-state index is 0.705. The van der Waals surface area contributed by atoms with Gasteiger partial charge in [0.2, 0.25) is 0 Å². The summed E-state index contributed by atoms with van der Waals surface area (Å²) in [6.07, 6.45) is 11.0. The molecule has 0 aromatic carbocycles. The molecular weight excluding hydrogens is 186 g/mol. The molecule has 15 heavy (non-hydrogen) atoms. The minimum atomic E-state index is 0.705. The summed E-state index contributed by atoms with van der Waals surface area (Å²) in [6.45, 7) is 1.98. The van der Waals surface area contributed by atoms with Crippen LogP contribution in [0.25, 0.3) is 17.5 Å². The smallest absolute Gasteiger partial charge is 0.160 e. The highest BCUT2D eigenvalue weighted by molar-refractivity contribution is 5.59. The van der Waals surface area contributed by atoms with Crippen LogP contribution < -0.4 is 0 Å².